The van der Waals surface area contributed by atoms with E-state index in [0.717, 1.165) is 5.69 Å². The van der Waals surface area contributed by atoms with Crippen molar-refractivity contribution in [3.63, 3.8) is 0 Å². The minimum atomic E-state index is -0.344. The molecule has 0 fully saturated rings. The molecule has 0 radical (unpaired) electrons. The van der Waals surface area contributed by atoms with Gasteiger partial charge in [-0.15, -0.1) is 11.3 Å². The highest BCUT2D eigenvalue weighted by Crippen LogP contribution is 2.27. The summed E-state index contributed by atoms with van der Waals surface area (Å²) in [5, 5.41) is 7.77. The number of benzene rings is 2. The average molecular weight is 402 g/mol. The third-order valence-corrected chi connectivity index (χ3v) is 4.38. The van der Waals surface area contributed by atoms with Crippen LogP contribution in [0.3, 0.4) is 0 Å². The zero-order valence-corrected chi connectivity index (χ0v) is 15.9. The maximum absolute atomic E-state index is 12.6. The SMILES string of the molecule is CC(=O)Nc1ccc(Cl)cc1NC(=O)c1cccc(OCc2cscn2)c1. The maximum Gasteiger partial charge on any atom is 0.255 e. The standard InChI is InChI=1S/C19H16ClN3O3S/c1-12(24)22-17-6-5-14(20)8-18(17)23-19(25)13-3-2-4-16(7-13)26-9-15-10-27-11-21-15/h2-8,10-11H,9H2,1H3,(H,22,24)(H,23,25). The fourth-order valence-corrected chi connectivity index (χ4v) is 3.02. The van der Waals surface area contributed by atoms with Crippen molar-refractivity contribution >= 4 is 46.1 Å². The largest absolute Gasteiger partial charge is 0.487 e. The van der Waals surface area contributed by atoms with Crippen molar-refractivity contribution in [2.75, 3.05) is 10.6 Å². The molecular weight excluding hydrogens is 386 g/mol. The van der Waals surface area contributed by atoms with Crippen LogP contribution in [-0.4, -0.2) is 16.8 Å². The van der Waals surface area contributed by atoms with Gasteiger partial charge in [-0.2, -0.15) is 0 Å². The van der Waals surface area contributed by atoms with E-state index >= 15 is 0 Å². The van der Waals surface area contributed by atoms with Crippen molar-refractivity contribution in [1.29, 1.82) is 0 Å². The predicted octanol–water partition coefficient (Wildman–Crippen LogP) is 4.59. The molecule has 3 aromatic rings. The minimum Gasteiger partial charge on any atom is -0.487 e. The molecule has 0 saturated carbocycles. The number of rotatable bonds is 6. The number of ether oxygens (including phenoxy) is 1. The Balaban J connectivity index is 1.73. The van der Waals surface area contributed by atoms with E-state index in [1.54, 1.807) is 48.0 Å². The van der Waals surface area contributed by atoms with Crippen LogP contribution in [0.25, 0.3) is 0 Å². The highest BCUT2D eigenvalue weighted by molar-refractivity contribution is 7.07. The lowest BCUT2D eigenvalue weighted by Gasteiger charge is -2.12. The van der Waals surface area contributed by atoms with Crippen LogP contribution in [0, 0.1) is 0 Å². The molecule has 0 unspecified atom stereocenters. The van der Waals surface area contributed by atoms with Gasteiger partial charge in [0, 0.05) is 22.9 Å². The summed E-state index contributed by atoms with van der Waals surface area (Å²) in [4.78, 5) is 28.1. The summed E-state index contributed by atoms with van der Waals surface area (Å²) in [6.45, 7) is 1.72. The molecule has 0 aliphatic carbocycles. The van der Waals surface area contributed by atoms with Gasteiger partial charge in [0.25, 0.3) is 5.91 Å². The Morgan fingerprint density at radius 2 is 2.00 bits per heavy atom. The zero-order chi connectivity index (χ0) is 19.2. The molecule has 27 heavy (non-hydrogen) atoms. The molecule has 2 N–H and O–H groups in total. The Morgan fingerprint density at radius 3 is 2.74 bits per heavy atom. The van der Waals surface area contributed by atoms with Gasteiger partial charge in [0.2, 0.25) is 5.91 Å². The van der Waals surface area contributed by atoms with Gasteiger partial charge in [-0.05, 0) is 36.4 Å². The summed E-state index contributed by atoms with van der Waals surface area (Å²) in [5.74, 6) is -0.0305. The number of anilines is 2. The van der Waals surface area contributed by atoms with Gasteiger partial charge in [0.1, 0.15) is 12.4 Å². The number of halogens is 1. The molecule has 2 aromatic carbocycles. The molecule has 8 heteroatoms. The summed E-state index contributed by atoms with van der Waals surface area (Å²) in [5.41, 5.74) is 3.86. The van der Waals surface area contributed by atoms with E-state index in [9.17, 15) is 9.59 Å². The van der Waals surface area contributed by atoms with Crippen LogP contribution in [0.5, 0.6) is 5.75 Å². The Hall–Kier alpha value is -2.90. The normalized spacial score (nSPS) is 10.3. The van der Waals surface area contributed by atoms with Crippen molar-refractivity contribution in [2.45, 2.75) is 13.5 Å². The number of thiazole rings is 1. The van der Waals surface area contributed by atoms with Crippen LogP contribution in [0.4, 0.5) is 11.4 Å². The van der Waals surface area contributed by atoms with Crippen molar-refractivity contribution in [3.05, 3.63) is 69.6 Å². The quantitative estimate of drug-likeness (QED) is 0.633. The lowest BCUT2D eigenvalue weighted by Crippen LogP contribution is -2.15. The first-order valence-corrected chi connectivity index (χ1v) is 9.32. The first kappa shape index (κ1) is 18.9. The van der Waals surface area contributed by atoms with Crippen LogP contribution in [-0.2, 0) is 11.4 Å². The van der Waals surface area contributed by atoms with Crippen molar-refractivity contribution in [3.8, 4) is 5.75 Å². The van der Waals surface area contributed by atoms with Crippen molar-refractivity contribution in [2.24, 2.45) is 0 Å². The van der Waals surface area contributed by atoms with E-state index in [2.05, 4.69) is 15.6 Å². The van der Waals surface area contributed by atoms with Crippen molar-refractivity contribution in [1.82, 2.24) is 4.98 Å². The highest BCUT2D eigenvalue weighted by atomic mass is 35.5. The molecule has 138 valence electrons. The molecular formula is C19H16ClN3O3S. The fraction of sp³-hybridized carbons (Fsp3) is 0.105. The second kappa shape index (κ2) is 8.66. The van der Waals surface area contributed by atoms with Crippen LogP contribution < -0.4 is 15.4 Å². The van der Waals surface area contributed by atoms with Gasteiger partial charge in [-0.1, -0.05) is 17.7 Å². The minimum absolute atomic E-state index is 0.245. The van der Waals surface area contributed by atoms with Gasteiger partial charge < -0.3 is 15.4 Å². The van der Waals surface area contributed by atoms with Crippen LogP contribution in [0.15, 0.2) is 53.4 Å². The topological polar surface area (TPSA) is 80.3 Å². The van der Waals surface area contributed by atoms with Gasteiger partial charge in [0.05, 0.1) is 22.6 Å². The number of aromatic nitrogens is 1. The Kier molecular flexibility index (Phi) is 6.05. The molecule has 0 aliphatic rings. The van der Waals surface area contributed by atoms with E-state index < -0.39 is 0 Å². The van der Waals surface area contributed by atoms with Crippen LogP contribution in [0.1, 0.15) is 23.0 Å². The summed E-state index contributed by atoms with van der Waals surface area (Å²) in [7, 11) is 0. The summed E-state index contributed by atoms with van der Waals surface area (Å²) < 4.78 is 5.67. The van der Waals surface area contributed by atoms with Crippen LogP contribution in [0.2, 0.25) is 5.02 Å². The highest BCUT2D eigenvalue weighted by Gasteiger charge is 2.12. The molecule has 3 rings (SSSR count). The molecule has 6 nitrogen and oxygen atoms in total. The van der Waals surface area contributed by atoms with Gasteiger partial charge in [-0.25, -0.2) is 4.98 Å². The second-order valence-corrected chi connectivity index (χ2v) is 6.78. The Bertz CT molecular complexity index is 961. The molecule has 0 saturated heterocycles. The smallest absolute Gasteiger partial charge is 0.255 e. The summed E-state index contributed by atoms with van der Waals surface area (Å²) in [6, 6.07) is 11.7. The maximum atomic E-state index is 12.6. The number of nitrogens with one attached hydrogen (secondary N) is 2. The van der Waals surface area contributed by atoms with Gasteiger partial charge >= 0.3 is 0 Å². The lowest BCUT2D eigenvalue weighted by molar-refractivity contribution is -0.114. The molecule has 2 amide bonds. The van der Waals surface area contributed by atoms with Crippen molar-refractivity contribution < 1.29 is 14.3 Å². The molecule has 1 heterocycles. The first-order valence-electron chi connectivity index (χ1n) is 7.99. The second-order valence-electron chi connectivity index (χ2n) is 5.62. The third-order valence-electron chi connectivity index (χ3n) is 3.51. The number of amides is 2. The fourth-order valence-electron chi connectivity index (χ4n) is 2.31. The molecule has 0 atom stereocenters. The molecule has 0 aliphatic heterocycles. The van der Waals surface area contributed by atoms with E-state index in [1.807, 2.05) is 5.38 Å². The number of carbonyl (C=O) groups is 2. The summed E-state index contributed by atoms with van der Waals surface area (Å²) in [6.07, 6.45) is 0. The van der Waals surface area contributed by atoms with Gasteiger partial charge in [0.15, 0.2) is 0 Å². The van der Waals surface area contributed by atoms with Crippen LogP contribution >= 0.6 is 22.9 Å². The molecule has 1 aromatic heterocycles. The average Bonchev–Trinajstić information content (AvgIpc) is 3.16. The third kappa shape index (κ3) is 5.29. The van der Waals surface area contributed by atoms with E-state index in [0.29, 0.717) is 34.3 Å². The first-order chi connectivity index (χ1) is 13.0. The number of hydrogen-bond acceptors (Lipinski definition) is 5. The van der Waals surface area contributed by atoms with E-state index in [1.165, 1.54) is 18.3 Å². The number of hydrogen-bond donors (Lipinski definition) is 2. The zero-order valence-electron chi connectivity index (χ0n) is 14.4. The van der Waals surface area contributed by atoms with E-state index in [4.69, 9.17) is 16.3 Å². The van der Waals surface area contributed by atoms with E-state index in [-0.39, 0.29) is 11.8 Å². The monoisotopic (exact) mass is 401 g/mol. The Morgan fingerprint density at radius 1 is 1.15 bits per heavy atom. The Labute approximate surface area is 165 Å². The number of carbonyl (C=O) groups excluding carboxylic acids is 2. The summed E-state index contributed by atoms with van der Waals surface area (Å²) >= 11 is 7.50. The molecule has 0 spiro atoms. The van der Waals surface area contributed by atoms with Gasteiger partial charge in [-0.3, -0.25) is 9.59 Å². The molecule has 0 bridgehead atoms. The number of nitrogens with zero attached hydrogens (tertiary/aromatic N) is 1. The predicted molar refractivity (Wildman–Crippen MR) is 107 cm³/mol. The lowest BCUT2D eigenvalue weighted by atomic mass is 10.2.